The monoisotopic (exact) mass is 365 g/mol. The van der Waals surface area contributed by atoms with E-state index >= 15 is 0 Å². The van der Waals surface area contributed by atoms with Gasteiger partial charge in [0.15, 0.2) is 0 Å². The number of pyridine rings is 1. The van der Waals surface area contributed by atoms with Crippen LogP contribution in [0.5, 0.6) is 0 Å². The van der Waals surface area contributed by atoms with Crippen molar-refractivity contribution in [2.45, 2.75) is 54.0 Å². The maximum absolute atomic E-state index is 12.0. The average molecular weight is 365 g/mol. The lowest BCUT2D eigenvalue weighted by atomic mass is 9.98. The summed E-state index contributed by atoms with van der Waals surface area (Å²) in [6, 6.07) is 6.20. The first-order valence-corrected chi connectivity index (χ1v) is 9.26. The predicted octanol–water partition coefficient (Wildman–Crippen LogP) is 5.00. The minimum atomic E-state index is -0.937. The molecule has 1 aromatic carbocycles. The number of aryl methyl sites for hydroxylation is 4. The molecule has 142 valence electrons. The van der Waals surface area contributed by atoms with E-state index in [1.807, 2.05) is 24.3 Å². The standard InChI is InChI=1S/C22H27N3O2/c1-12(2)19-20(23-10-17-13(3)8-7-9-14(17)4)18(22(26)27)11-25-16(6)15(5)24-21(19)25/h7-9,11-12,23H,10H2,1-6H3,(H,26,27). The summed E-state index contributed by atoms with van der Waals surface area (Å²) < 4.78 is 1.90. The third-order valence-electron chi connectivity index (χ3n) is 5.32. The van der Waals surface area contributed by atoms with Gasteiger partial charge in [-0.15, -0.1) is 0 Å². The zero-order valence-corrected chi connectivity index (χ0v) is 16.8. The SMILES string of the molecule is Cc1cccc(C)c1CNc1c(C(=O)O)cn2c(C)c(C)nc2c1C(C)C. The summed E-state index contributed by atoms with van der Waals surface area (Å²) in [5.41, 5.74) is 8.18. The van der Waals surface area contributed by atoms with Crippen LogP contribution in [0.3, 0.4) is 0 Å². The topological polar surface area (TPSA) is 66.6 Å². The van der Waals surface area contributed by atoms with E-state index in [1.54, 1.807) is 6.20 Å². The molecule has 2 heterocycles. The van der Waals surface area contributed by atoms with Gasteiger partial charge in [0.2, 0.25) is 0 Å². The van der Waals surface area contributed by atoms with Crippen LogP contribution < -0.4 is 5.32 Å². The number of carboxylic acid groups (broad SMARTS) is 1. The summed E-state index contributed by atoms with van der Waals surface area (Å²) >= 11 is 0. The Hall–Kier alpha value is -2.82. The summed E-state index contributed by atoms with van der Waals surface area (Å²) in [4.78, 5) is 16.7. The van der Waals surface area contributed by atoms with Gasteiger partial charge in [-0.2, -0.15) is 0 Å². The average Bonchev–Trinajstić information content (AvgIpc) is 2.87. The molecule has 5 heteroatoms. The minimum Gasteiger partial charge on any atom is -0.478 e. The number of anilines is 1. The van der Waals surface area contributed by atoms with Gasteiger partial charge in [-0.05, 0) is 50.3 Å². The molecular weight excluding hydrogens is 338 g/mol. The highest BCUT2D eigenvalue weighted by molar-refractivity contribution is 5.96. The van der Waals surface area contributed by atoms with E-state index in [9.17, 15) is 9.90 Å². The summed E-state index contributed by atoms with van der Waals surface area (Å²) in [6.07, 6.45) is 1.69. The van der Waals surface area contributed by atoms with Crippen molar-refractivity contribution >= 4 is 17.3 Å². The molecule has 0 saturated carbocycles. The van der Waals surface area contributed by atoms with Crippen LogP contribution in [0.15, 0.2) is 24.4 Å². The fourth-order valence-electron chi connectivity index (χ4n) is 3.63. The summed E-state index contributed by atoms with van der Waals surface area (Å²) in [5, 5.41) is 13.3. The van der Waals surface area contributed by atoms with E-state index in [0.717, 1.165) is 22.6 Å². The van der Waals surface area contributed by atoms with Gasteiger partial charge in [0.1, 0.15) is 5.65 Å². The van der Waals surface area contributed by atoms with Crippen LogP contribution in [0.2, 0.25) is 0 Å². The number of fused-ring (bicyclic) bond motifs is 1. The summed E-state index contributed by atoms with van der Waals surface area (Å²) in [5.74, 6) is -0.804. The highest BCUT2D eigenvalue weighted by Gasteiger charge is 2.23. The number of aromatic nitrogens is 2. The largest absolute Gasteiger partial charge is 0.478 e. The number of hydrogen-bond donors (Lipinski definition) is 2. The normalized spacial score (nSPS) is 11.4. The molecule has 27 heavy (non-hydrogen) atoms. The van der Waals surface area contributed by atoms with Crippen LogP contribution in [-0.4, -0.2) is 20.5 Å². The molecule has 0 bridgehead atoms. The molecule has 0 atom stereocenters. The number of hydrogen-bond acceptors (Lipinski definition) is 3. The molecule has 0 radical (unpaired) electrons. The predicted molar refractivity (Wildman–Crippen MR) is 109 cm³/mol. The second-order valence-electron chi connectivity index (χ2n) is 7.49. The molecule has 2 aromatic heterocycles. The number of imidazole rings is 1. The summed E-state index contributed by atoms with van der Waals surface area (Å²) in [6.45, 7) is 12.8. The molecule has 0 spiro atoms. The van der Waals surface area contributed by atoms with Crippen LogP contribution in [0.25, 0.3) is 5.65 Å². The number of rotatable bonds is 5. The Labute approximate surface area is 160 Å². The van der Waals surface area contributed by atoms with Crippen LogP contribution in [0.4, 0.5) is 5.69 Å². The van der Waals surface area contributed by atoms with Crippen molar-refractivity contribution in [1.29, 1.82) is 0 Å². The van der Waals surface area contributed by atoms with Crippen molar-refractivity contribution in [3.63, 3.8) is 0 Å². The van der Waals surface area contributed by atoms with Crippen molar-refractivity contribution in [3.05, 3.63) is 63.6 Å². The highest BCUT2D eigenvalue weighted by atomic mass is 16.4. The lowest BCUT2D eigenvalue weighted by Gasteiger charge is -2.20. The van der Waals surface area contributed by atoms with Crippen molar-refractivity contribution < 1.29 is 9.90 Å². The van der Waals surface area contributed by atoms with Crippen molar-refractivity contribution in [2.24, 2.45) is 0 Å². The number of aromatic carboxylic acids is 1. The Morgan fingerprint density at radius 1 is 1.19 bits per heavy atom. The zero-order valence-electron chi connectivity index (χ0n) is 16.8. The Morgan fingerprint density at radius 2 is 1.81 bits per heavy atom. The van der Waals surface area contributed by atoms with Crippen molar-refractivity contribution in [3.8, 4) is 0 Å². The van der Waals surface area contributed by atoms with Gasteiger partial charge in [-0.3, -0.25) is 0 Å². The summed E-state index contributed by atoms with van der Waals surface area (Å²) in [7, 11) is 0. The Balaban J connectivity index is 2.19. The third-order valence-corrected chi connectivity index (χ3v) is 5.32. The van der Waals surface area contributed by atoms with Gasteiger partial charge in [0.25, 0.3) is 0 Å². The molecule has 3 rings (SSSR count). The number of carboxylic acids is 1. The first kappa shape index (κ1) is 19.0. The first-order chi connectivity index (χ1) is 12.7. The fraction of sp³-hybridized carbons (Fsp3) is 0.364. The van der Waals surface area contributed by atoms with Crippen LogP contribution in [-0.2, 0) is 6.54 Å². The van der Waals surface area contributed by atoms with Crippen LogP contribution >= 0.6 is 0 Å². The zero-order chi connectivity index (χ0) is 19.9. The van der Waals surface area contributed by atoms with Crippen molar-refractivity contribution in [2.75, 3.05) is 5.32 Å². The van der Waals surface area contributed by atoms with E-state index in [0.29, 0.717) is 12.2 Å². The van der Waals surface area contributed by atoms with Gasteiger partial charge < -0.3 is 14.8 Å². The van der Waals surface area contributed by atoms with E-state index in [-0.39, 0.29) is 11.5 Å². The molecule has 2 N–H and O–H groups in total. The third kappa shape index (κ3) is 3.29. The number of nitrogens with zero attached hydrogens (tertiary/aromatic N) is 2. The van der Waals surface area contributed by atoms with Gasteiger partial charge in [0.05, 0.1) is 16.9 Å². The maximum atomic E-state index is 12.0. The molecule has 0 aliphatic carbocycles. The number of nitrogens with one attached hydrogen (secondary N) is 1. The Bertz CT molecular complexity index is 1010. The Morgan fingerprint density at radius 3 is 2.37 bits per heavy atom. The van der Waals surface area contributed by atoms with E-state index < -0.39 is 5.97 Å². The van der Waals surface area contributed by atoms with Crippen LogP contribution in [0, 0.1) is 27.7 Å². The fourth-order valence-corrected chi connectivity index (χ4v) is 3.63. The molecule has 0 aliphatic heterocycles. The second-order valence-corrected chi connectivity index (χ2v) is 7.49. The van der Waals surface area contributed by atoms with E-state index in [1.165, 1.54) is 16.7 Å². The van der Waals surface area contributed by atoms with Gasteiger partial charge >= 0.3 is 5.97 Å². The quantitative estimate of drug-likeness (QED) is 0.667. The van der Waals surface area contributed by atoms with Gasteiger partial charge in [0, 0.05) is 24.0 Å². The van der Waals surface area contributed by atoms with Crippen molar-refractivity contribution in [1.82, 2.24) is 9.38 Å². The smallest absolute Gasteiger partial charge is 0.339 e. The second kappa shape index (κ2) is 7.06. The highest BCUT2D eigenvalue weighted by Crippen LogP contribution is 2.33. The molecule has 5 nitrogen and oxygen atoms in total. The molecule has 3 aromatic rings. The molecular formula is C22H27N3O2. The maximum Gasteiger partial charge on any atom is 0.339 e. The minimum absolute atomic E-state index is 0.133. The molecule has 0 aliphatic rings. The Kier molecular flexibility index (Phi) is 4.96. The molecule has 0 unspecified atom stereocenters. The van der Waals surface area contributed by atoms with E-state index in [2.05, 4.69) is 45.1 Å². The lowest BCUT2D eigenvalue weighted by Crippen LogP contribution is -2.14. The van der Waals surface area contributed by atoms with Crippen LogP contribution in [0.1, 0.15) is 63.8 Å². The lowest BCUT2D eigenvalue weighted by molar-refractivity contribution is 0.0697. The van der Waals surface area contributed by atoms with Gasteiger partial charge in [-0.1, -0.05) is 32.0 Å². The molecule has 0 saturated heterocycles. The van der Waals surface area contributed by atoms with E-state index in [4.69, 9.17) is 4.98 Å². The van der Waals surface area contributed by atoms with Gasteiger partial charge in [-0.25, -0.2) is 9.78 Å². The molecule has 0 amide bonds. The number of carbonyl (C=O) groups is 1. The first-order valence-electron chi connectivity index (χ1n) is 9.26. The molecule has 0 fully saturated rings. The number of benzene rings is 1.